The van der Waals surface area contributed by atoms with Crippen molar-refractivity contribution in [1.29, 1.82) is 0 Å². The molecule has 0 saturated carbocycles. The summed E-state index contributed by atoms with van der Waals surface area (Å²) in [5.41, 5.74) is 12.9. The van der Waals surface area contributed by atoms with Crippen molar-refractivity contribution < 1.29 is 4.42 Å². The van der Waals surface area contributed by atoms with Gasteiger partial charge in [-0.2, -0.15) is 0 Å². The topological polar surface area (TPSA) is 51.8 Å². The lowest BCUT2D eigenvalue weighted by atomic mass is 9.45. The summed E-state index contributed by atoms with van der Waals surface area (Å²) in [4.78, 5) is 16.3. The van der Waals surface area contributed by atoms with Crippen LogP contribution < -0.4 is 0 Å². The van der Waals surface area contributed by atoms with Crippen LogP contribution in [0.1, 0.15) is 44.8 Å². The molecular weight excluding hydrogens is 695 g/mol. The fraction of sp³-hybridized carbons (Fsp3) is 0.0377. The van der Waals surface area contributed by atoms with Gasteiger partial charge in [-0.15, -0.1) is 0 Å². The molecule has 0 unspecified atom stereocenters. The van der Waals surface area contributed by atoms with Crippen LogP contribution in [0.15, 0.2) is 205 Å². The quantitative estimate of drug-likeness (QED) is 0.177. The number of rotatable bonds is 5. The lowest BCUT2D eigenvalue weighted by Gasteiger charge is -2.56. The van der Waals surface area contributed by atoms with Gasteiger partial charge in [0.1, 0.15) is 16.6 Å². The molecule has 2 heterocycles. The van der Waals surface area contributed by atoms with Gasteiger partial charge >= 0.3 is 0 Å². The number of hydrogen-bond acceptors (Lipinski definition) is 4. The van der Waals surface area contributed by atoms with Crippen molar-refractivity contribution in [3.8, 4) is 33.9 Å². The summed E-state index contributed by atoms with van der Waals surface area (Å²) in [5.74, 6) is 1.92. The fourth-order valence-electron chi connectivity index (χ4n) is 9.91. The molecule has 0 N–H and O–H groups in total. The maximum Gasteiger partial charge on any atom is 0.163 e. The number of furan rings is 1. The van der Waals surface area contributed by atoms with Crippen molar-refractivity contribution in [3.05, 3.63) is 245 Å². The molecule has 0 radical (unpaired) electrons. The van der Waals surface area contributed by atoms with Crippen LogP contribution in [-0.4, -0.2) is 15.0 Å². The molecule has 0 saturated heterocycles. The summed E-state index contributed by atoms with van der Waals surface area (Å²) in [6, 6.07) is 71.4. The minimum absolute atomic E-state index is 0.564. The third-order valence-corrected chi connectivity index (χ3v) is 12.3. The Morgan fingerprint density at radius 2 is 0.754 bits per heavy atom. The SMILES string of the molecule is c1ccc(-c2ccc(C34c5ccccc5C(c5nc(-c6ccccc6)nc(-c6ccc7c(c6)oc6ccccc67)n5)(c5ccccc53)c3ccccc34)cc2)cc1. The third-order valence-electron chi connectivity index (χ3n) is 12.3. The molecule has 4 heteroatoms. The molecule has 3 aliphatic carbocycles. The molecule has 0 atom stereocenters. The van der Waals surface area contributed by atoms with Crippen molar-refractivity contribution in [2.75, 3.05) is 0 Å². The molecule has 266 valence electrons. The van der Waals surface area contributed by atoms with Crippen LogP contribution in [0.5, 0.6) is 0 Å². The van der Waals surface area contributed by atoms with E-state index in [2.05, 4.69) is 164 Å². The van der Waals surface area contributed by atoms with Gasteiger partial charge in [-0.3, -0.25) is 0 Å². The van der Waals surface area contributed by atoms with E-state index in [-0.39, 0.29) is 0 Å². The number of aromatic nitrogens is 3. The maximum absolute atomic E-state index is 6.38. The van der Waals surface area contributed by atoms with E-state index in [9.17, 15) is 0 Å². The fourth-order valence-corrected chi connectivity index (χ4v) is 9.91. The number of fused-ring (bicyclic) bond motifs is 3. The van der Waals surface area contributed by atoms with Gasteiger partial charge in [0, 0.05) is 21.9 Å². The summed E-state index contributed by atoms with van der Waals surface area (Å²) < 4.78 is 6.38. The summed E-state index contributed by atoms with van der Waals surface area (Å²) in [6.07, 6.45) is 0. The molecule has 0 fully saturated rings. The lowest BCUT2D eigenvalue weighted by molar-refractivity contribution is 0.535. The molecule has 57 heavy (non-hydrogen) atoms. The molecule has 2 aromatic heterocycles. The molecule has 10 aromatic rings. The van der Waals surface area contributed by atoms with E-state index in [0.717, 1.165) is 33.1 Å². The van der Waals surface area contributed by atoms with Crippen molar-refractivity contribution in [2.24, 2.45) is 0 Å². The molecule has 8 aromatic carbocycles. The van der Waals surface area contributed by atoms with Crippen LogP contribution in [0.3, 0.4) is 0 Å². The van der Waals surface area contributed by atoms with E-state index >= 15 is 0 Å². The summed E-state index contributed by atoms with van der Waals surface area (Å²) in [6.45, 7) is 0. The summed E-state index contributed by atoms with van der Waals surface area (Å²) >= 11 is 0. The molecule has 0 spiro atoms. The highest BCUT2D eigenvalue weighted by molar-refractivity contribution is 6.05. The number of benzene rings is 8. The van der Waals surface area contributed by atoms with Gasteiger partial charge in [0.05, 0.1) is 5.41 Å². The first kappa shape index (κ1) is 31.9. The Labute approximate surface area is 329 Å². The zero-order valence-electron chi connectivity index (χ0n) is 30.8. The first-order valence-corrected chi connectivity index (χ1v) is 19.4. The Hall–Kier alpha value is -7.43. The zero-order chi connectivity index (χ0) is 37.6. The molecule has 13 rings (SSSR count). The van der Waals surface area contributed by atoms with Crippen LogP contribution in [0.4, 0.5) is 0 Å². The van der Waals surface area contributed by atoms with Crippen LogP contribution in [0.25, 0.3) is 55.8 Å². The monoisotopic (exact) mass is 727 g/mol. The second kappa shape index (κ2) is 12.0. The van der Waals surface area contributed by atoms with Crippen LogP contribution >= 0.6 is 0 Å². The van der Waals surface area contributed by atoms with Crippen molar-refractivity contribution in [3.63, 3.8) is 0 Å². The van der Waals surface area contributed by atoms with Crippen molar-refractivity contribution in [2.45, 2.75) is 10.8 Å². The average molecular weight is 728 g/mol. The van der Waals surface area contributed by atoms with Crippen molar-refractivity contribution >= 4 is 21.9 Å². The van der Waals surface area contributed by atoms with E-state index in [1.54, 1.807) is 0 Å². The lowest BCUT2D eigenvalue weighted by Crippen LogP contribution is -2.52. The van der Waals surface area contributed by atoms with E-state index in [1.165, 1.54) is 50.1 Å². The molecule has 0 aliphatic heterocycles. The minimum Gasteiger partial charge on any atom is -0.456 e. The Bertz CT molecular complexity index is 3070. The Morgan fingerprint density at radius 3 is 1.35 bits per heavy atom. The predicted octanol–water partition coefficient (Wildman–Crippen LogP) is 12.2. The van der Waals surface area contributed by atoms with Crippen LogP contribution in [0, 0.1) is 0 Å². The molecular formula is C53H33N3O. The van der Waals surface area contributed by atoms with Crippen molar-refractivity contribution in [1.82, 2.24) is 15.0 Å². The molecule has 2 bridgehead atoms. The molecule has 4 nitrogen and oxygen atoms in total. The first-order chi connectivity index (χ1) is 28.2. The Morgan fingerprint density at radius 1 is 0.316 bits per heavy atom. The van der Waals surface area contributed by atoms with Gasteiger partial charge in [0.2, 0.25) is 0 Å². The highest BCUT2D eigenvalue weighted by atomic mass is 16.3. The van der Waals surface area contributed by atoms with E-state index < -0.39 is 10.8 Å². The number of nitrogens with zero attached hydrogens (tertiary/aromatic N) is 3. The third kappa shape index (κ3) is 4.35. The van der Waals surface area contributed by atoms with Crippen LogP contribution in [-0.2, 0) is 10.8 Å². The minimum atomic E-state index is -0.833. The van der Waals surface area contributed by atoms with Gasteiger partial charge in [0.25, 0.3) is 0 Å². The zero-order valence-corrected chi connectivity index (χ0v) is 30.8. The summed E-state index contributed by atoms with van der Waals surface area (Å²) in [5, 5.41) is 2.15. The largest absolute Gasteiger partial charge is 0.456 e. The standard InChI is InChI=1S/C53H33N3O/c1-3-15-34(16-4-1)35-27-30-38(31-28-35)52-41-20-8-11-23-44(41)53(45-24-12-9-21-42(45)52,46-25-13-10-22-43(46)52)51-55-49(36-17-5-2-6-18-36)54-50(56-51)37-29-32-40-39-19-7-14-26-47(39)57-48(40)33-37/h1-33H. The van der Waals surface area contributed by atoms with Gasteiger partial charge < -0.3 is 4.42 Å². The molecule has 0 amide bonds. The normalized spacial score (nSPS) is 17.6. The summed E-state index contributed by atoms with van der Waals surface area (Å²) in [7, 11) is 0. The smallest absolute Gasteiger partial charge is 0.163 e. The Kier molecular flexibility index (Phi) is 6.73. The van der Waals surface area contributed by atoms with E-state index in [0.29, 0.717) is 17.5 Å². The van der Waals surface area contributed by atoms with E-state index in [1.807, 2.05) is 36.4 Å². The highest BCUT2D eigenvalue weighted by Crippen LogP contribution is 2.65. The van der Waals surface area contributed by atoms with Gasteiger partial charge in [-0.05, 0) is 68.3 Å². The predicted molar refractivity (Wildman–Crippen MR) is 227 cm³/mol. The second-order valence-electron chi connectivity index (χ2n) is 15.1. The number of para-hydroxylation sites is 1. The second-order valence-corrected chi connectivity index (χ2v) is 15.1. The highest BCUT2D eigenvalue weighted by Gasteiger charge is 2.61. The number of hydrogen-bond donors (Lipinski definition) is 0. The van der Waals surface area contributed by atoms with Gasteiger partial charge in [0.15, 0.2) is 17.5 Å². The molecule has 3 aliphatic rings. The van der Waals surface area contributed by atoms with Gasteiger partial charge in [-0.25, -0.2) is 15.0 Å². The van der Waals surface area contributed by atoms with Crippen LogP contribution in [0.2, 0.25) is 0 Å². The average Bonchev–Trinajstić information content (AvgIpc) is 3.67. The maximum atomic E-state index is 6.38. The Balaban J connectivity index is 1.15. The van der Waals surface area contributed by atoms with Gasteiger partial charge in [-0.1, -0.05) is 182 Å². The van der Waals surface area contributed by atoms with E-state index in [4.69, 9.17) is 19.4 Å². The first-order valence-electron chi connectivity index (χ1n) is 19.4.